The minimum atomic E-state index is -0.255. The highest BCUT2D eigenvalue weighted by atomic mass is 16.5. The first-order chi connectivity index (χ1) is 10.2. The Hall–Kier alpha value is -2.63. The van der Waals surface area contributed by atoms with Crippen LogP contribution in [-0.4, -0.2) is 20.3 Å². The first kappa shape index (κ1) is 14.8. The molecule has 1 aromatic carbocycles. The summed E-state index contributed by atoms with van der Waals surface area (Å²) >= 11 is 0. The average Bonchev–Trinajstić information content (AvgIpc) is 3.04. The van der Waals surface area contributed by atoms with E-state index in [0.29, 0.717) is 24.6 Å². The number of amides is 2. The molecule has 6 nitrogen and oxygen atoms in total. The number of carbonyl (C=O) groups is 1. The van der Waals surface area contributed by atoms with Crippen molar-refractivity contribution in [3.05, 3.63) is 47.9 Å². The lowest BCUT2D eigenvalue weighted by atomic mass is 10.2. The van der Waals surface area contributed by atoms with Gasteiger partial charge in [0.25, 0.3) is 0 Å². The molecule has 0 aliphatic heterocycles. The van der Waals surface area contributed by atoms with Crippen molar-refractivity contribution in [2.75, 3.05) is 14.2 Å². The lowest BCUT2D eigenvalue weighted by Gasteiger charge is -2.11. The third-order valence-electron chi connectivity index (χ3n) is 2.97. The Morgan fingerprint density at radius 1 is 1.14 bits per heavy atom. The number of hydrogen-bond acceptors (Lipinski definition) is 4. The van der Waals surface area contributed by atoms with Gasteiger partial charge in [0, 0.05) is 30.3 Å². The molecule has 0 unspecified atom stereocenters. The number of ether oxygens (including phenoxy) is 2. The SMILES string of the molecule is COc1ccc(CNC(=O)NCc2ccoc2)c(OC)c1. The first-order valence-corrected chi connectivity index (χ1v) is 6.46. The van der Waals surface area contributed by atoms with E-state index in [1.54, 1.807) is 38.9 Å². The van der Waals surface area contributed by atoms with Crippen LogP contribution >= 0.6 is 0 Å². The fourth-order valence-corrected chi connectivity index (χ4v) is 1.81. The van der Waals surface area contributed by atoms with E-state index in [1.165, 1.54) is 0 Å². The van der Waals surface area contributed by atoms with E-state index in [-0.39, 0.29) is 6.03 Å². The Balaban J connectivity index is 1.85. The molecule has 2 aromatic rings. The number of carbonyl (C=O) groups excluding carboxylic acids is 1. The van der Waals surface area contributed by atoms with Gasteiger partial charge in [-0.15, -0.1) is 0 Å². The van der Waals surface area contributed by atoms with Crippen molar-refractivity contribution < 1.29 is 18.7 Å². The Bertz CT molecular complexity index is 581. The summed E-state index contributed by atoms with van der Waals surface area (Å²) in [7, 11) is 3.17. The van der Waals surface area contributed by atoms with Crippen LogP contribution in [0.2, 0.25) is 0 Å². The molecule has 1 heterocycles. The molecule has 0 saturated heterocycles. The molecule has 6 heteroatoms. The van der Waals surface area contributed by atoms with Gasteiger partial charge in [-0.1, -0.05) is 0 Å². The van der Waals surface area contributed by atoms with Gasteiger partial charge in [-0.2, -0.15) is 0 Å². The number of hydrogen-bond donors (Lipinski definition) is 2. The van der Waals surface area contributed by atoms with Gasteiger partial charge >= 0.3 is 6.03 Å². The molecule has 2 N–H and O–H groups in total. The van der Waals surface area contributed by atoms with Crippen LogP contribution in [-0.2, 0) is 13.1 Å². The zero-order valence-electron chi connectivity index (χ0n) is 12.0. The maximum atomic E-state index is 11.7. The summed E-state index contributed by atoms with van der Waals surface area (Å²) in [6.07, 6.45) is 3.16. The van der Waals surface area contributed by atoms with E-state index in [9.17, 15) is 4.79 Å². The quantitative estimate of drug-likeness (QED) is 0.856. The van der Waals surface area contributed by atoms with Gasteiger partial charge in [0.05, 0.1) is 26.7 Å². The molecule has 2 amide bonds. The molecule has 0 atom stereocenters. The highest BCUT2D eigenvalue weighted by Gasteiger charge is 2.07. The van der Waals surface area contributed by atoms with Crippen LogP contribution in [0.25, 0.3) is 0 Å². The number of methoxy groups -OCH3 is 2. The molecule has 0 bridgehead atoms. The van der Waals surface area contributed by atoms with Crippen molar-refractivity contribution in [3.8, 4) is 11.5 Å². The molecule has 0 fully saturated rings. The maximum absolute atomic E-state index is 11.7. The Morgan fingerprint density at radius 2 is 1.95 bits per heavy atom. The molecule has 112 valence electrons. The van der Waals surface area contributed by atoms with Crippen molar-refractivity contribution in [3.63, 3.8) is 0 Å². The van der Waals surface area contributed by atoms with Crippen molar-refractivity contribution in [2.45, 2.75) is 13.1 Å². The molecule has 0 aliphatic carbocycles. The lowest BCUT2D eigenvalue weighted by Crippen LogP contribution is -2.34. The predicted molar refractivity (Wildman–Crippen MR) is 77.3 cm³/mol. The van der Waals surface area contributed by atoms with Crippen LogP contribution in [0.4, 0.5) is 4.79 Å². The van der Waals surface area contributed by atoms with Gasteiger partial charge in [-0.05, 0) is 18.2 Å². The fourth-order valence-electron chi connectivity index (χ4n) is 1.81. The largest absolute Gasteiger partial charge is 0.497 e. The second-order valence-electron chi connectivity index (χ2n) is 4.35. The van der Waals surface area contributed by atoms with Crippen LogP contribution in [0.5, 0.6) is 11.5 Å². The molecule has 1 aromatic heterocycles. The summed E-state index contributed by atoms with van der Waals surface area (Å²) in [4.78, 5) is 11.7. The Labute approximate surface area is 123 Å². The van der Waals surface area contributed by atoms with E-state index in [2.05, 4.69) is 10.6 Å². The highest BCUT2D eigenvalue weighted by molar-refractivity contribution is 5.73. The Kier molecular flexibility index (Phi) is 5.09. The molecule has 0 aliphatic rings. The van der Waals surface area contributed by atoms with E-state index in [4.69, 9.17) is 13.9 Å². The normalized spacial score (nSPS) is 10.0. The minimum Gasteiger partial charge on any atom is -0.497 e. The molecule has 0 radical (unpaired) electrons. The second kappa shape index (κ2) is 7.23. The predicted octanol–water partition coefficient (Wildman–Crippen LogP) is 2.30. The van der Waals surface area contributed by atoms with Crippen molar-refractivity contribution in [1.29, 1.82) is 0 Å². The molecule has 2 rings (SSSR count). The van der Waals surface area contributed by atoms with Crippen molar-refractivity contribution in [2.24, 2.45) is 0 Å². The van der Waals surface area contributed by atoms with Crippen molar-refractivity contribution >= 4 is 6.03 Å². The van der Waals surface area contributed by atoms with Crippen LogP contribution in [0.15, 0.2) is 41.2 Å². The van der Waals surface area contributed by atoms with Crippen LogP contribution in [0.3, 0.4) is 0 Å². The number of nitrogens with one attached hydrogen (secondary N) is 2. The van der Waals surface area contributed by atoms with Gasteiger partial charge in [-0.25, -0.2) is 4.79 Å². The number of furan rings is 1. The number of rotatable bonds is 6. The van der Waals surface area contributed by atoms with Gasteiger partial charge in [0.1, 0.15) is 11.5 Å². The molecule has 21 heavy (non-hydrogen) atoms. The van der Waals surface area contributed by atoms with Gasteiger partial charge in [0.15, 0.2) is 0 Å². The first-order valence-electron chi connectivity index (χ1n) is 6.46. The number of benzene rings is 1. The van der Waals surface area contributed by atoms with Gasteiger partial charge in [0.2, 0.25) is 0 Å². The second-order valence-corrected chi connectivity index (χ2v) is 4.35. The summed E-state index contributed by atoms with van der Waals surface area (Å²) < 4.78 is 15.3. The third-order valence-corrected chi connectivity index (χ3v) is 2.97. The third kappa shape index (κ3) is 4.17. The maximum Gasteiger partial charge on any atom is 0.315 e. The molecule has 0 spiro atoms. The lowest BCUT2D eigenvalue weighted by molar-refractivity contribution is 0.240. The summed E-state index contributed by atoms with van der Waals surface area (Å²) in [5.41, 5.74) is 1.78. The van der Waals surface area contributed by atoms with Gasteiger partial charge in [-0.3, -0.25) is 0 Å². The van der Waals surface area contributed by atoms with Crippen LogP contribution in [0, 0.1) is 0 Å². The monoisotopic (exact) mass is 290 g/mol. The minimum absolute atomic E-state index is 0.255. The Morgan fingerprint density at radius 3 is 2.62 bits per heavy atom. The molecule has 0 saturated carbocycles. The number of urea groups is 1. The van der Waals surface area contributed by atoms with Crippen LogP contribution in [0.1, 0.15) is 11.1 Å². The summed E-state index contributed by atoms with van der Waals surface area (Å²) in [6.45, 7) is 0.784. The van der Waals surface area contributed by atoms with E-state index >= 15 is 0 Å². The smallest absolute Gasteiger partial charge is 0.315 e. The fraction of sp³-hybridized carbons (Fsp3) is 0.267. The zero-order chi connectivity index (χ0) is 15.1. The summed E-state index contributed by atoms with van der Waals surface area (Å²) in [6, 6.07) is 7.00. The molecular weight excluding hydrogens is 272 g/mol. The van der Waals surface area contributed by atoms with Gasteiger partial charge < -0.3 is 24.5 Å². The standard InChI is InChI=1S/C15H18N2O4/c1-19-13-4-3-12(14(7-13)20-2)9-17-15(18)16-8-11-5-6-21-10-11/h3-7,10H,8-9H2,1-2H3,(H2,16,17,18). The average molecular weight is 290 g/mol. The van der Waals surface area contributed by atoms with E-state index in [1.807, 2.05) is 12.1 Å². The topological polar surface area (TPSA) is 72.7 Å². The van der Waals surface area contributed by atoms with Crippen molar-refractivity contribution in [1.82, 2.24) is 10.6 Å². The van der Waals surface area contributed by atoms with E-state index < -0.39 is 0 Å². The van der Waals surface area contributed by atoms with Crippen LogP contribution < -0.4 is 20.1 Å². The van der Waals surface area contributed by atoms with E-state index in [0.717, 1.165) is 11.1 Å². The summed E-state index contributed by atoms with van der Waals surface area (Å²) in [5, 5.41) is 5.51. The summed E-state index contributed by atoms with van der Waals surface area (Å²) in [5.74, 6) is 1.38. The molecular formula is C15H18N2O4. The zero-order valence-corrected chi connectivity index (χ0v) is 12.0. The highest BCUT2D eigenvalue weighted by Crippen LogP contribution is 2.24.